The quantitative estimate of drug-likeness (QED) is 0.758. The summed E-state index contributed by atoms with van der Waals surface area (Å²) < 4.78 is 10.4. The Morgan fingerprint density at radius 1 is 1.55 bits per heavy atom. The molecule has 2 atom stereocenters. The van der Waals surface area contributed by atoms with E-state index in [0.29, 0.717) is 25.6 Å². The van der Waals surface area contributed by atoms with Gasteiger partial charge in [0, 0.05) is 6.54 Å². The highest BCUT2D eigenvalue weighted by Crippen LogP contribution is 2.21. The first-order valence-corrected chi connectivity index (χ1v) is 6.86. The fourth-order valence-electron chi connectivity index (χ4n) is 2.56. The van der Waals surface area contributed by atoms with E-state index >= 15 is 0 Å². The third-order valence-electron chi connectivity index (χ3n) is 3.69. The third-order valence-corrected chi connectivity index (χ3v) is 3.69. The molecular weight excluding hydrogens is 264 g/mol. The number of carbonyl (C=O) groups is 1. The lowest BCUT2D eigenvalue weighted by Gasteiger charge is -2.33. The molecule has 20 heavy (non-hydrogen) atoms. The van der Waals surface area contributed by atoms with E-state index in [-0.39, 0.29) is 30.4 Å². The molecule has 1 amide bonds. The maximum atomic E-state index is 12.4. The Hall–Kier alpha value is -1.51. The number of rotatable bonds is 3. The van der Waals surface area contributed by atoms with Crippen molar-refractivity contribution < 1.29 is 19.2 Å². The first kappa shape index (κ1) is 13.5. The van der Waals surface area contributed by atoms with Crippen LogP contribution in [0.5, 0.6) is 0 Å². The zero-order valence-electron chi connectivity index (χ0n) is 11.1. The van der Waals surface area contributed by atoms with Crippen LogP contribution >= 0.6 is 0 Å². The molecule has 110 valence electrons. The van der Waals surface area contributed by atoms with Crippen LogP contribution in [-0.4, -0.2) is 65.0 Å². The Kier molecular flexibility index (Phi) is 3.95. The van der Waals surface area contributed by atoms with E-state index in [1.54, 1.807) is 4.90 Å². The second-order valence-corrected chi connectivity index (χ2v) is 5.02. The zero-order valence-corrected chi connectivity index (χ0v) is 11.1. The summed E-state index contributed by atoms with van der Waals surface area (Å²) in [4.78, 5) is 18.1. The van der Waals surface area contributed by atoms with E-state index in [2.05, 4.69) is 15.5 Å². The number of nitrogens with one attached hydrogen (secondary N) is 1. The number of nitrogens with zero attached hydrogens (tertiary/aromatic N) is 3. The Labute approximate surface area is 116 Å². The van der Waals surface area contributed by atoms with Crippen molar-refractivity contribution in [3.8, 4) is 0 Å². The lowest BCUT2D eigenvalue weighted by Crippen LogP contribution is -2.50. The average Bonchev–Trinajstić information content (AvgIpc) is 3.16. The SMILES string of the molecule is O=C(c1noc(C2CCCN2)n1)N1CCOCC1CO. The number of aliphatic hydroxyl groups excluding tert-OH is 1. The number of amides is 1. The number of carbonyl (C=O) groups excluding carboxylic acids is 1. The lowest BCUT2D eigenvalue weighted by molar-refractivity contribution is -0.0190. The Morgan fingerprint density at radius 2 is 2.45 bits per heavy atom. The number of aromatic nitrogens is 2. The molecule has 0 saturated carbocycles. The van der Waals surface area contributed by atoms with E-state index in [1.165, 1.54) is 0 Å². The fourth-order valence-corrected chi connectivity index (χ4v) is 2.56. The van der Waals surface area contributed by atoms with Gasteiger partial charge in [-0.25, -0.2) is 0 Å². The standard InChI is InChI=1S/C12H18N4O4/c17-6-8-7-19-5-4-16(8)12(18)10-14-11(20-15-10)9-2-1-3-13-9/h8-9,13,17H,1-7H2. The minimum atomic E-state index is -0.345. The van der Waals surface area contributed by atoms with E-state index in [4.69, 9.17) is 9.26 Å². The normalized spacial score (nSPS) is 26.9. The van der Waals surface area contributed by atoms with Gasteiger partial charge in [0.1, 0.15) is 0 Å². The summed E-state index contributed by atoms with van der Waals surface area (Å²) in [5.74, 6) is 0.189. The molecule has 0 aromatic carbocycles. The van der Waals surface area contributed by atoms with Crippen LogP contribution in [0.15, 0.2) is 4.52 Å². The minimum Gasteiger partial charge on any atom is -0.394 e. The maximum Gasteiger partial charge on any atom is 0.295 e. The number of hydrogen-bond acceptors (Lipinski definition) is 7. The van der Waals surface area contributed by atoms with Gasteiger partial charge in [0.2, 0.25) is 5.89 Å². The van der Waals surface area contributed by atoms with E-state index < -0.39 is 0 Å². The van der Waals surface area contributed by atoms with Crippen molar-refractivity contribution in [2.24, 2.45) is 0 Å². The van der Waals surface area contributed by atoms with Crippen molar-refractivity contribution in [2.75, 3.05) is 32.9 Å². The van der Waals surface area contributed by atoms with Gasteiger partial charge in [0.25, 0.3) is 11.7 Å². The van der Waals surface area contributed by atoms with Gasteiger partial charge in [-0.05, 0) is 19.4 Å². The van der Waals surface area contributed by atoms with Gasteiger partial charge in [0.15, 0.2) is 0 Å². The van der Waals surface area contributed by atoms with Crippen molar-refractivity contribution in [1.82, 2.24) is 20.4 Å². The number of hydrogen-bond donors (Lipinski definition) is 2. The number of aliphatic hydroxyl groups is 1. The van der Waals surface area contributed by atoms with Crippen LogP contribution in [0.25, 0.3) is 0 Å². The zero-order chi connectivity index (χ0) is 13.9. The van der Waals surface area contributed by atoms with Crippen LogP contribution in [0.1, 0.15) is 35.4 Å². The van der Waals surface area contributed by atoms with E-state index in [0.717, 1.165) is 19.4 Å². The van der Waals surface area contributed by atoms with Crippen LogP contribution in [0, 0.1) is 0 Å². The van der Waals surface area contributed by atoms with Crippen LogP contribution in [0.4, 0.5) is 0 Å². The summed E-state index contributed by atoms with van der Waals surface area (Å²) in [5.41, 5.74) is 0. The summed E-state index contributed by atoms with van der Waals surface area (Å²) in [6, 6.07) is -0.301. The van der Waals surface area contributed by atoms with Crippen LogP contribution in [0.3, 0.4) is 0 Å². The third kappa shape index (κ3) is 2.54. The highest BCUT2D eigenvalue weighted by molar-refractivity contribution is 5.90. The van der Waals surface area contributed by atoms with Crippen molar-refractivity contribution in [3.05, 3.63) is 11.7 Å². The molecular formula is C12H18N4O4. The number of morpholine rings is 1. The molecule has 0 radical (unpaired) electrons. The van der Waals surface area contributed by atoms with Crippen molar-refractivity contribution in [2.45, 2.75) is 24.9 Å². The smallest absolute Gasteiger partial charge is 0.295 e. The van der Waals surface area contributed by atoms with Crippen LogP contribution < -0.4 is 5.32 Å². The minimum absolute atomic E-state index is 0.0439. The molecule has 8 nitrogen and oxygen atoms in total. The van der Waals surface area contributed by atoms with Gasteiger partial charge in [-0.1, -0.05) is 5.16 Å². The molecule has 1 aromatic heterocycles. The molecule has 1 aromatic rings. The molecule has 0 spiro atoms. The molecule has 3 rings (SSSR count). The maximum absolute atomic E-state index is 12.4. The molecule has 0 aliphatic carbocycles. The van der Waals surface area contributed by atoms with E-state index in [1.807, 2.05) is 0 Å². The average molecular weight is 282 g/mol. The van der Waals surface area contributed by atoms with Gasteiger partial charge in [-0.15, -0.1) is 0 Å². The lowest BCUT2D eigenvalue weighted by atomic mass is 10.2. The Balaban J connectivity index is 1.72. The molecule has 8 heteroatoms. The summed E-state index contributed by atoms with van der Waals surface area (Å²) in [5, 5.41) is 16.3. The summed E-state index contributed by atoms with van der Waals surface area (Å²) in [7, 11) is 0. The topological polar surface area (TPSA) is 101 Å². The molecule has 2 fully saturated rings. The monoisotopic (exact) mass is 282 g/mol. The molecule has 3 heterocycles. The summed E-state index contributed by atoms with van der Waals surface area (Å²) >= 11 is 0. The fraction of sp³-hybridized carbons (Fsp3) is 0.750. The second-order valence-electron chi connectivity index (χ2n) is 5.02. The van der Waals surface area contributed by atoms with E-state index in [9.17, 15) is 9.90 Å². The largest absolute Gasteiger partial charge is 0.394 e. The molecule has 2 unspecified atom stereocenters. The molecule has 2 aliphatic heterocycles. The number of ether oxygens (including phenoxy) is 1. The van der Waals surface area contributed by atoms with Gasteiger partial charge in [0.05, 0.1) is 31.9 Å². The molecule has 2 saturated heterocycles. The Bertz CT molecular complexity index is 472. The molecule has 0 bridgehead atoms. The molecule has 2 N–H and O–H groups in total. The second kappa shape index (κ2) is 5.86. The van der Waals surface area contributed by atoms with Crippen LogP contribution in [-0.2, 0) is 4.74 Å². The van der Waals surface area contributed by atoms with Crippen LogP contribution in [0.2, 0.25) is 0 Å². The van der Waals surface area contributed by atoms with Crippen molar-refractivity contribution in [3.63, 3.8) is 0 Å². The highest BCUT2D eigenvalue weighted by atomic mass is 16.5. The summed E-state index contributed by atoms with van der Waals surface area (Å²) in [6.45, 7) is 2.00. The summed E-state index contributed by atoms with van der Waals surface area (Å²) in [6.07, 6.45) is 2.00. The predicted octanol–water partition coefficient (Wildman–Crippen LogP) is -0.673. The highest BCUT2D eigenvalue weighted by Gasteiger charge is 2.31. The van der Waals surface area contributed by atoms with Crippen molar-refractivity contribution in [1.29, 1.82) is 0 Å². The first-order valence-electron chi connectivity index (χ1n) is 6.86. The van der Waals surface area contributed by atoms with Gasteiger partial charge < -0.3 is 24.6 Å². The van der Waals surface area contributed by atoms with Gasteiger partial charge >= 0.3 is 0 Å². The van der Waals surface area contributed by atoms with Gasteiger partial charge in [-0.3, -0.25) is 4.79 Å². The first-order chi connectivity index (χ1) is 9.79. The predicted molar refractivity (Wildman–Crippen MR) is 67.0 cm³/mol. The Morgan fingerprint density at radius 3 is 3.20 bits per heavy atom. The molecule has 2 aliphatic rings. The van der Waals surface area contributed by atoms with Gasteiger partial charge in [-0.2, -0.15) is 4.98 Å². The van der Waals surface area contributed by atoms with Crippen molar-refractivity contribution >= 4 is 5.91 Å².